The predicted octanol–water partition coefficient (Wildman–Crippen LogP) is 10.2. The van der Waals surface area contributed by atoms with E-state index < -0.39 is 18.1 Å². The van der Waals surface area contributed by atoms with Gasteiger partial charge >= 0.3 is 11.9 Å². The second-order valence-corrected chi connectivity index (χ2v) is 15.2. The standard InChI is InChI=1S/C47H79NO7/c1-6-8-10-12-14-16-18-19-20-21-22-23-24-25-26-28-29-31-33-35-37-45(49)54-42-43(41-53-40-39-44(47(51)52)48(3,4)5)55-46(50)38-36-34-32-30-27-17-15-13-11-9-7-2/h8-11,14-17,19-20,30,32,43-44H,6-7,12-13,18,21-29,31,33-42H2,1-5H3/b10-8+,11-9+,16-14+,17-15+,20-19+,32-30+. The maximum atomic E-state index is 12.6. The molecule has 0 aliphatic heterocycles. The van der Waals surface area contributed by atoms with Gasteiger partial charge in [-0.05, 0) is 70.6 Å². The zero-order valence-electron chi connectivity index (χ0n) is 35.6. The van der Waals surface area contributed by atoms with Crippen molar-refractivity contribution < 1.29 is 38.2 Å². The first-order chi connectivity index (χ1) is 26.6. The third-order valence-corrected chi connectivity index (χ3v) is 9.09. The average Bonchev–Trinajstić information content (AvgIpc) is 3.14. The van der Waals surface area contributed by atoms with Gasteiger partial charge in [0.1, 0.15) is 12.6 Å². The van der Waals surface area contributed by atoms with Crippen LogP contribution >= 0.6 is 0 Å². The van der Waals surface area contributed by atoms with Gasteiger partial charge in [0.15, 0.2) is 6.10 Å². The van der Waals surface area contributed by atoms with Gasteiger partial charge in [-0.15, -0.1) is 0 Å². The van der Waals surface area contributed by atoms with Crippen LogP contribution in [0.25, 0.3) is 0 Å². The number of hydrogen-bond acceptors (Lipinski definition) is 7. The molecule has 0 saturated heterocycles. The Kier molecular flexibility index (Phi) is 35.5. The van der Waals surface area contributed by atoms with E-state index in [4.69, 9.17) is 14.2 Å². The number of hydrogen-bond donors (Lipinski definition) is 0. The Morgan fingerprint density at radius 3 is 1.47 bits per heavy atom. The summed E-state index contributed by atoms with van der Waals surface area (Å²) in [6, 6.07) is -0.737. The fourth-order valence-corrected chi connectivity index (χ4v) is 5.81. The maximum absolute atomic E-state index is 12.6. The number of carbonyl (C=O) groups is 3. The van der Waals surface area contributed by atoms with Gasteiger partial charge in [-0.1, -0.05) is 138 Å². The molecule has 0 amide bonds. The number of unbranched alkanes of at least 4 members (excludes halogenated alkanes) is 11. The minimum atomic E-state index is -1.14. The summed E-state index contributed by atoms with van der Waals surface area (Å²) in [6.07, 6.45) is 46.6. The number of nitrogens with zero attached hydrogens (tertiary/aromatic N) is 1. The summed E-state index contributed by atoms with van der Waals surface area (Å²) in [4.78, 5) is 36.7. The highest BCUT2D eigenvalue weighted by Gasteiger charge is 2.25. The van der Waals surface area contributed by atoms with E-state index in [-0.39, 0.29) is 49.1 Å². The molecule has 0 radical (unpaired) electrons. The van der Waals surface area contributed by atoms with Crippen LogP contribution in [0.2, 0.25) is 0 Å². The number of carbonyl (C=O) groups excluding carboxylic acids is 3. The quantitative estimate of drug-likeness (QED) is 0.0268. The SMILES string of the molecule is CC/C=C/C/C=C/C/C=C/CCCCCCCCCCCCC(=O)OCC(COCCC(C(=O)[O-])[N+](C)(C)C)OC(=O)CCC/C=C/C/C=C/C/C=C/CC. The minimum absolute atomic E-state index is 0.0160. The van der Waals surface area contributed by atoms with Gasteiger partial charge in [0, 0.05) is 19.3 Å². The van der Waals surface area contributed by atoms with E-state index in [1.807, 2.05) is 0 Å². The molecule has 0 aromatic heterocycles. The van der Waals surface area contributed by atoms with Crippen LogP contribution in [0.1, 0.15) is 155 Å². The van der Waals surface area contributed by atoms with Gasteiger partial charge in [0.2, 0.25) is 0 Å². The molecule has 55 heavy (non-hydrogen) atoms. The van der Waals surface area contributed by atoms with Crippen molar-refractivity contribution in [1.29, 1.82) is 0 Å². The van der Waals surface area contributed by atoms with Gasteiger partial charge in [0.05, 0.1) is 40.3 Å². The molecule has 0 fully saturated rings. The number of carboxylic acid groups (broad SMARTS) is 1. The predicted molar refractivity (Wildman–Crippen MR) is 226 cm³/mol. The van der Waals surface area contributed by atoms with Crippen molar-refractivity contribution in [2.24, 2.45) is 0 Å². The molecule has 314 valence electrons. The molecule has 2 unspecified atom stereocenters. The highest BCUT2D eigenvalue weighted by Crippen LogP contribution is 2.13. The summed E-state index contributed by atoms with van der Waals surface area (Å²) in [5.41, 5.74) is 0. The molecule has 0 aliphatic carbocycles. The van der Waals surface area contributed by atoms with E-state index >= 15 is 0 Å². The van der Waals surface area contributed by atoms with Crippen molar-refractivity contribution in [3.8, 4) is 0 Å². The van der Waals surface area contributed by atoms with Gasteiger partial charge in [-0.3, -0.25) is 9.59 Å². The highest BCUT2D eigenvalue weighted by atomic mass is 16.6. The first-order valence-corrected chi connectivity index (χ1v) is 21.5. The molecule has 0 rings (SSSR count). The molecule has 0 bridgehead atoms. The summed E-state index contributed by atoms with van der Waals surface area (Å²) < 4.78 is 17.1. The van der Waals surface area contributed by atoms with Gasteiger partial charge < -0.3 is 28.6 Å². The van der Waals surface area contributed by atoms with Gasteiger partial charge in [0.25, 0.3) is 0 Å². The minimum Gasteiger partial charge on any atom is -0.544 e. The average molecular weight is 770 g/mol. The molecule has 0 aromatic rings. The van der Waals surface area contributed by atoms with Crippen molar-refractivity contribution in [3.63, 3.8) is 0 Å². The van der Waals surface area contributed by atoms with Gasteiger partial charge in [-0.2, -0.15) is 0 Å². The molecule has 0 spiro atoms. The Morgan fingerprint density at radius 1 is 0.545 bits per heavy atom. The molecule has 0 saturated carbocycles. The Balaban J connectivity index is 4.33. The van der Waals surface area contributed by atoms with Crippen LogP contribution in [0, 0.1) is 0 Å². The van der Waals surface area contributed by atoms with Crippen molar-refractivity contribution in [1.82, 2.24) is 0 Å². The third kappa shape index (κ3) is 36.2. The molecular formula is C47H79NO7. The first-order valence-electron chi connectivity index (χ1n) is 21.5. The molecule has 0 N–H and O–H groups in total. The summed E-state index contributed by atoms with van der Waals surface area (Å²) in [5, 5.41) is 11.6. The van der Waals surface area contributed by atoms with E-state index in [0.29, 0.717) is 12.8 Å². The monoisotopic (exact) mass is 770 g/mol. The Labute approximate surface area is 336 Å². The molecule has 0 heterocycles. The van der Waals surface area contributed by atoms with E-state index in [0.717, 1.165) is 64.2 Å². The maximum Gasteiger partial charge on any atom is 0.306 e. The zero-order valence-corrected chi connectivity index (χ0v) is 35.6. The van der Waals surface area contributed by atoms with Crippen molar-refractivity contribution in [2.45, 2.75) is 167 Å². The van der Waals surface area contributed by atoms with Crippen LogP contribution in [0.5, 0.6) is 0 Å². The Bertz CT molecular complexity index is 1130. The summed E-state index contributed by atoms with van der Waals surface area (Å²) >= 11 is 0. The fraction of sp³-hybridized carbons (Fsp3) is 0.681. The second kappa shape index (κ2) is 37.7. The Morgan fingerprint density at radius 2 is 0.982 bits per heavy atom. The largest absolute Gasteiger partial charge is 0.544 e. The van der Waals surface area contributed by atoms with Crippen LogP contribution in [-0.2, 0) is 28.6 Å². The third-order valence-electron chi connectivity index (χ3n) is 9.09. The van der Waals surface area contributed by atoms with Crippen molar-refractivity contribution in [3.05, 3.63) is 72.9 Å². The molecule has 0 aromatic carbocycles. The lowest BCUT2D eigenvalue weighted by Crippen LogP contribution is -2.55. The second-order valence-electron chi connectivity index (χ2n) is 15.2. The Hall–Kier alpha value is -3.23. The van der Waals surface area contributed by atoms with Crippen molar-refractivity contribution >= 4 is 17.9 Å². The lowest BCUT2D eigenvalue weighted by atomic mass is 10.1. The first kappa shape index (κ1) is 51.8. The summed E-state index contributed by atoms with van der Waals surface area (Å²) in [6.45, 7) is 4.35. The molecule has 8 heteroatoms. The molecular weight excluding hydrogens is 691 g/mol. The number of allylic oxidation sites excluding steroid dienone is 12. The van der Waals surface area contributed by atoms with Crippen LogP contribution in [0.15, 0.2) is 72.9 Å². The molecule has 2 atom stereocenters. The van der Waals surface area contributed by atoms with E-state index in [9.17, 15) is 19.5 Å². The van der Waals surface area contributed by atoms with Crippen molar-refractivity contribution in [2.75, 3.05) is 41.0 Å². The van der Waals surface area contributed by atoms with Crippen LogP contribution in [0.3, 0.4) is 0 Å². The summed E-state index contributed by atoms with van der Waals surface area (Å²) in [5.74, 6) is -1.82. The zero-order chi connectivity index (χ0) is 40.7. The number of quaternary nitrogens is 1. The van der Waals surface area contributed by atoms with Crippen LogP contribution in [0.4, 0.5) is 0 Å². The number of aliphatic carboxylic acids is 1. The fourth-order valence-electron chi connectivity index (χ4n) is 5.81. The number of ether oxygens (including phenoxy) is 3. The van der Waals surface area contributed by atoms with Crippen LogP contribution in [-0.4, -0.2) is 75.5 Å². The summed E-state index contributed by atoms with van der Waals surface area (Å²) in [7, 11) is 5.38. The number of likely N-dealkylation sites (N-methyl/N-ethyl adjacent to an activating group) is 1. The molecule has 8 nitrogen and oxygen atoms in total. The van der Waals surface area contributed by atoms with E-state index in [1.54, 1.807) is 21.1 Å². The highest BCUT2D eigenvalue weighted by molar-refractivity contribution is 5.70. The topological polar surface area (TPSA) is 102 Å². The lowest BCUT2D eigenvalue weighted by molar-refractivity contribution is -0.889. The smallest absolute Gasteiger partial charge is 0.306 e. The normalized spacial score (nSPS) is 13.7. The van der Waals surface area contributed by atoms with Gasteiger partial charge in [-0.25, -0.2) is 0 Å². The van der Waals surface area contributed by atoms with E-state index in [2.05, 4.69) is 86.8 Å². The van der Waals surface area contributed by atoms with Crippen LogP contribution < -0.4 is 5.11 Å². The number of esters is 2. The number of rotatable bonds is 37. The number of carboxylic acids is 1. The molecule has 0 aliphatic rings. The van der Waals surface area contributed by atoms with E-state index in [1.165, 1.54) is 51.4 Å². The lowest BCUT2D eigenvalue weighted by Gasteiger charge is -2.34.